The van der Waals surface area contributed by atoms with E-state index in [1.807, 2.05) is 46.8 Å². The molecule has 3 rings (SSSR count). The van der Waals surface area contributed by atoms with Crippen LogP contribution in [0.2, 0.25) is 0 Å². The van der Waals surface area contributed by atoms with Crippen LogP contribution in [0, 0.1) is 36.5 Å². The lowest BCUT2D eigenvalue weighted by molar-refractivity contribution is 0.404. The van der Waals surface area contributed by atoms with E-state index in [0.717, 1.165) is 11.1 Å². The first-order chi connectivity index (χ1) is 17.7. The molecule has 0 saturated carbocycles. The SMILES string of the molecule is COc1c(C(C#N)S(=O)(=O)c2ccc(C)cc2)cc(C(C)(C)C)cc1C(C#N)S(=O)(=O)c1ccc(C)cc1. The second kappa shape index (κ2) is 10.6. The Bertz CT molecular complexity index is 1520. The number of aryl methyl sites for hydroxylation is 2. The van der Waals surface area contributed by atoms with Gasteiger partial charge in [0, 0.05) is 11.1 Å². The van der Waals surface area contributed by atoms with Gasteiger partial charge in [0.15, 0.2) is 30.2 Å². The van der Waals surface area contributed by atoms with Crippen molar-refractivity contribution in [2.45, 2.75) is 60.3 Å². The molecule has 0 fully saturated rings. The summed E-state index contributed by atoms with van der Waals surface area (Å²) in [5.74, 6) is -0.123. The highest BCUT2D eigenvalue weighted by atomic mass is 32.2. The second-order valence-electron chi connectivity index (χ2n) is 10.2. The molecule has 7 nitrogen and oxygen atoms in total. The zero-order valence-corrected chi connectivity index (χ0v) is 23.8. The Kier molecular flexibility index (Phi) is 8.07. The molecule has 0 bridgehead atoms. The summed E-state index contributed by atoms with van der Waals surface area (Å²) in [5.41, 5.74) is 1.66. The van der Waals surface area contributed by atoms with Crippen LogP contribution in [0.25, 0.3) is 0 Å². The van der Waals surface area contributed by atoms with E-state index in [0.29, 0.717) is 5.56 Å². The van der Waals surface area contributed by atoms with Gasteiger partial charge in [-0.1, -0.05) is 56.2 Å². The number of sulfone groups is 2. The van der Waals surface area contributed by atoms with E-state index in [1.54, 1.807) is 36.4 Å². The van der Waals surface area contributed by atoms with Crippen molar-refractivity contribution in [3.05, 3.63) is 88.5 Å². The van der Waals surface area contributed by atoms with E-state index in [1.165, 1.54) is 31.4 Å². The Morgan fingerprint density at radius 2 is 1.05 bits per heavy atom. The summed E-state index contributed by atoms with van der Waals surface area (Å²) in [5, 5.41) is 16.8. The molecule has 0 aliphatic heterocycles. The minimum atomic E-state index is -4.23. The maximum atomic E-state index is 13.6. The first-order valence-corrected chi connectivity index (χ1v) is 14.9. The fourth-order valence-electron chi connectivity index (χ4n) is 4.07. The first-order valence-electron chi connectivity index (χ1n) is 11.8. The minimum Gasteiger partial charge on any atom is -0.496 e. The average molecular weight is 551 g/mol. The van der Waals surface area contributed by atoms with Crippen LogP contribution in [-0.2, 0) is 25.1 Å². The van der Waals surface area contributed by atoms with Gasteiger partial charge in [-0.15, -0.1) is 0 Å². The molecule has 0 radical (unpaired) electrons. The summed E-state index contributed by atoms with van der Waals surface area (Å²) in [7, 11) is -7.20. The Balaban J connectivity index is 2.36. The molecule has 0 spiro atoms. The topological polar surface area (TPSA) is 125 Å². The standard InChI is InChI=1S/C29H30N2O5S2/c1-19-7-11-22(12-8-19)37(32,33)26(17-30)24-15-21(29(3,4)5)16-25(28(24)36-6)27(18-31)38(34,35)23-13-9-20(2)10-14-23/h7-16,26-27H,1-6H3. The van der Waals surface area contributed by atoms with Gasteiger partial charge in [-0.3, -0.25) is 0 Å². The molecule has 0 aromatic heterocycles. The van der Waals surface area contributed by atoms with Crippen molar-refractivity contribution in [1.29, 1.82) is 10.5 Å². The van der Waals surface area contributed by atoms with Crippen molar-refractivity contribution < 1.29 is 21.6 Å². The number of rotatable bonds is 7. The highest BCUT2D eigenvalue weighted by Crippen LogP contribution is 2.44. The fourth-order valence-corrected chi connectivity index (χ4v) is 6.94. The fraction of sp³-hybridized carbons (Fsp3) is 0.310. The molecule has 38 heavy (non-hydrogen) atoms. The van der Waals surface area contributed by atoms with Crippen LogP contribution in [0.5, 0.6) is 5.75 Å². The van der Waals surface area contributed by atoms with Crippen LogP contribution < -0.4 is 4.74 Å². The normalized spacial score (nSPS) is 13.7. The third kappa shape index (κ3) is 5.45. The quantitative estimate of drug-likeness (QED) is 0.370. The zero-order chi connectivity index (χ0) is 28.5. The molecule has 0 aliphatic carbocycles. The van der Waals surface area contributed by atoms with Crippen LogP contribution in [-0.4, -0.2) is 23.9 Å². The third-order valence-corrected chi connectivity index (χ3v) is 10.2. The lowest BCUT2D eigenvalue weighted by Crippen LogP contribution is -2.20. The highest BCUT2D eigenvalue weighted by Gasteiger charge is 2.38. The van der Waals surface area contributed by atoms with Crippen LogP contribution >= 0.6 is 0 Å². The van der Waals surface area contributed by atoms with Crippen molar-refractivity contribution in [2.75, 3.05) is 7.11 Å². The van der Waals surface area contributed by atoms with Gasteiger partial charge in [-0.2, -0.15) is 10.5 Å². The third-order valence-electron chi connectivity index (χ3n) is 6.34. The summed E-state index contributed by atoms with van der Waals surface area (Å²) < 4.78 is 60.2. The summed E-state index contributed by atoms with van der Waals surface area (Å²) in [6.45, 7) is 9.24. The monoisotopic (exact) mass is 550 g/mol. The molecule has 0 amide bonds. The van der Waals surface area contributed by atoms with Crippen molar-refractivity contribution >= 4 is 19.7 Å². The van der Waals surface area contributed by atoms with Gasteiger partial charge in [0.1, 0.15) is 5.75 Å². The van der Waals surface area contributed by atoms with Crippen molar-refractivity contribution in [3.63, 3.8) is 0 Å². The molecule has 2 unspecified atom stereocenters. The van der Waals surface area contributed by atoms with Crippen LogP contribution in [0.1, 0.15) is 59.1 Å². The number of hydrogen-bond donors (Lipinski definition) is 0. The minimum absolute atomic E-state index is 0.0163. The molecule has 0 saturated heterocycles. The predicted molar refractivity (Wildman–Crippen MR) is 145 cm³/mol. The van der Waals surface area contributed by atoms with E-state index >= 15 is 0 Å². The maximum absolute atomic E-state index is 13.6. The van der Waals surface area contributed by atoms with E-state index < -0.39 is 35.6 Å². The largest absolute Gasteiger partial charge is 0.496 e. The number of ether oxygens (including phenoxy) is 1. The summed E-state index contributed by atoms with van der Waals surface area (Å²) in [6.07, 6.45) is 0. The molecule has 0 N–H and O–H groups in total. The molecular formula is C29H30N2O5S2. The lowest BCUT2D eigenvalue weighted by atomic mass is 9.84. The van der Waals surface area contributed by atoms with Gasteiger partial charge in [0.05, 0.1) is 29.0 Å². The van der Waals surface area contributed by atoms with Gasteiger partial charge >= 0.3 is 0 Å². The summed E-state index contributed by atoms with van der Waals surface area (Å²) in [6, 6.07) is 19.1. The van der Waals surface area contributed by atoms with Gasteiger partial charge < -0.3 is 4.74 Å². The molecular weight excluding hydrogens is 520 g/mol. The van der Waals surface area contributed by atoms with Gasteiger partial charge in [0.2, 0.25) is 0 Å². The molecule has 0 aliphatic rings. The number of benzene rings is 3. The van der Waals surface area contributed by atoms with Crippen LogP contribution in [0.15, 0.2) is 70.5 Å². The van der Waals surface area contributed by atoms with Gasteiger partial charge in [-0.25, -0.2) is 16.8 Å². The van der Waals surface area contributed by atoms with Crippen LogP contribution in [0.4, 0.5) is 0 Å². The predicted octanol–water partition coefficient (Wildman–Crippen LogP) is 5.69. The molecule has 0 heterocycles. The summed E-state index contributed by atoms with van der Waals surface area (Å²) in [4.78, 5) is -0.105. The highest BCUT2D eigenvalue weighted by molar-refractivity contribution is 7.92. The van der Waals surface area contributed by atoms with E-state index in [2.05, 4.69) is 0 Å². The maximum Gasteiger partial charge on any atom is 0.198 e. The second-order valence-corrected chi connectivity index (χ2v) is 14.2. The van der Waals surface area contributed by atoms with Crippen LogP contribution in [0.3, 0.4) is 0 Å². The van der Waals surface area contributed by atoms with Crippen molar-refractivity contribution in [2.24, 2.45) is 0 Å². The Labute approximate surface area is 225 Å². The zero-order valence-electron chi connectivity index (χ0n) is 22.2. The number of methoxy groups -OCH3 is 1. The van der Waals surface area contributed by atoms with Gasteiger partial charge in [0.25, 0.3) is 0 Å². The molecule has 198 valence electrons. The van der Waals surface area contributed by atoms with E-state index in [4.69, 9.17) is 4.74 Å². The summed E-state index contributed by atoms with van der Waals surface area (Å²) >= 11 is 0. The molecule has 3 aromatic rings. The Hall–Kier alpha value is -3.66. The smallest absolute Gasteiger partial charge is 0.198 e. The van der Waals surface area contributed by atoms with Crippen molar-refractivity contribution in [3.8, 4) is 17.9 Å². The Morgan fingerprint density at radius 1 is 0.711 bits per heavy atom. The number of nitriles is 2. The number of hydrogen-bond acceptors (Lipinski definition) is 7. The van der Waals surface area contributed by atoms with E-state index in [9.17, 15) is 27.4 Å². The average Bonchev–Trinajstić information content (AvgIpc) is 2.84. The lowest BCUT2D eigenvalue weighted by Gasteiger charge is -2.26. The van der Waals surface area contributed by atoms with E-state index in [-0.39, 0.29) is 26.7 Å². The van der Waals surface area contributed by atoms with Crippen molar-refractivity contribution in [1.82, 2.24) is 0 Å². The molecule has 2 atom stereocenters. The Morgan fingerprint density at radius 3 is 1.32 bits per heavy atom. The first kappa shape index (κ1) is 28.9. The number of nitrogens with zero attached hydrogens (tertiary/aromatic N) is 2. The van der Waals surface area contributed by atoms with Gasteiger partial charge in [-0.05, 0) is 61.2 Å². The molecule has 9 heteroatoms. The molecule has 3 aromatic carbocycles.